The highest BCUT2D eigenvalue weighted by molar-refractivity contribution is 6.23. The average Bonchev–Trinajstić information content (AvgIpc) is 3.11. The molecule has 0 aliphatic carbocycles. The minimum atomic E-state index is -0.935. The number of nitrogens with one attached hydrogen (secondary N) is 3. The second kappa shape index (κ2) is 6.21. The van der Waals surface area contributed by atoms with Gasteiger partial charge in [0.25, 0.3) is 11.8 Å². The van der Waals surface area contributed by atoms with E-state index in [1.54, 1.807) is 18.2 Å². The summed E-state index contributed by atoms with van der Waals surface area (Å²) in [5.41, 5.74) is 1.36. The number of amides is 4. The largest absolute Gasteiger partial charge is 0.381 e. The zero-order valence-electron chi connectivity index (χ0n) is 14.4. The van der Waals surface area contributed by atoms with Crippen LogP contribution in [0.5, 0.6) is 0 Å². The second-order valence-corrected chi connectivity index (χ2v) is 7.09. The number of benzene rings is 1. The van der Waals surface area contributed by atoms with Crippen LogP contribution in [0.25, 0.3) is 0 Å². The SMILES string of the molecule is C[C@H]1CNC[C@H]1Nc1ccc2c(c1)C(=O)N(C1CCC(=O)NC1=O)C2=O. The lowest BCUT2D eigenvalue weighted by atomic mass is 10.0. The number of fused-ring (bicyclic) bond motifs is 1. The fourth-order valence-corrected chi connectivity index (χ4v) is 3.78. The van der Waals surface area contributed by atoms with Crippen molar-refractivity contribution >= 4 is 29.3 Å². The normalized spacial score (nSPS) is 28.3. The third kappa shape index (κ3) is 2.66. The van der Waals surface area contributed by atoms with Crippen molar-refractivity contribution in [2.45, 2.75) is 31.8 Å². The molecule has 3 aliphatic heterocycles. The van der Waals surface area contributed by atoms with E-state index >= 15 is 0 Å². The van der Waals surface area contributed by atoms with Crippen molar-refractivity contribution in [3.05, 3.63) is 29.3 Å². The van der Waals surface area contributed by atoms with Crippen molar-refractivity contribution < 1.29 is 19.2 Å². The van der Waals surface area contributed by atoms with E-state index in [9.17, 15) is 19.2 Å². The molecular formula is C18H20N4O4. The maximum absolute atomic E-state index is 12.8. The lowest BCUT2D eigenvalue weighted by Crippen LogP contribution is -2.54. The molecule has 1 aromatic carbocycles. The van der Waals surface area contributed by atoms with Crippen molar-refractivity contribution in [3.8, 4) is 0 Å². The van der Waals surface area contributed by atoms with Crippen LogP contribution in [0.15, 0.2) is 18.2 Å². The van der Waals surface area contributed by atoms with Gasteiger partial charge < -0.3 is 10.6 Å². The van der Waals surface area contributed by atoms with Crippen LogP contribution in [0.4, 0.5) is 5.69 Å². The van der Waals surface area contributed by atoms with Gasteiger partial charge in [-0.25, -0.2) is 0 Å². The molecule has 3 heterocycles. The number of hydrogen-bond donors (Lipinski definition) is 3. The number of carbonyl (C=O) groups excluding carboxylic acids is 4. The number of hydrogen-bond acceptors (Lipinski definition) is 6. The van der Waals surface area contributed by atoms with Crippen molar-refractivity contribution in [3.63, 3.8) is 0 Å². The minimum Gasteiger partial charge on any atom is -0.381 e. The molecule has 3 N–H and O–H groups in total. The number of rotatable bonds is 3. The van der Waals surface area contributed by atoms with E-state index in [0.717, 1.165) is 23.7 Å². The van der Waals surface area contributed by atoms with Crippen LogP contribution >= 0.6 is 0 Å². The van der Waals surface area contributed by atoms with Gasteiger partial charge in [0.1, 0.15) is 6.04 Å². The number of carbonyl (C=O) groups is 4. The van der Waals surface area contributed by atoms with Gasteiger partial charge in [0.2, 0.25) is 11.8 Å². The summed E-state index contributed by atoms with van der Waals surface area (Å²) in [5, 5.41) is 8.90. The molecule has 0 radical (unpaired) electrons. The fraction of sp³-hybridized carbons (Fsp3) is 0.444. The number of anilines is 1. The fourth-order valence-electron chi connectivity index (χ4n) is 3.78. The highest BCUT2D eigenvalue weighted by atomic mass is 16.2. The van der Waals surface area contributed by atoms with Crippen LogP contribution in [0.1, 0.15) is 40.5 Å². The molecule has 0 aromatic heterocycles. The number of nitrogens with zero attached hydrogens (tertiary/aromatic N) is 1. The van der Waals surface area contributed by atoms with Gasteiger partial charge in [0, 0.05) is 24.7 Å². The first-order chi connectivity index (χ1) is 12.5. The number of imide groups is 2. The van der Waals surface area contributed by atoms with E-state index in [0.29, 0.717) is 17.0 Å². The summed E-state index contributed by atoms with van der Waals surface area (Å²) < 4.78 is 0. The molecule has 0 saturated carbocycles. The molecule has 8 heteroatoms. The molecule has 4 rings (SSSR count). The van der Waals surface area contributed by atoms with Crippen molar-refractivity contribution in [1.29, 1.82) is 0 Å². The zero-order valence-corrected chi connectivity index (χ0v) is 14.4. The predicted octanol–water partition coefficient (Wildman–Crippen LogP) is 0.108. The Kier molecular flexibility index (Phi) is 3.99. The van der Waals surface area contributed by atoms with Crippen LogP contribution in [0, 0.1) is 5.92 Å². The molecule has 26 heavy (non-hydrogen) atoms. The smallest absolute Gasteiger partial charge is 0.262 e. The first-order valence-electron chi connectivity index (χ1n) is 8.78. The van der Waals surface area contributed by atoms with Crippen LogP contribution in [-0.2, 0) is 9.59 Å². The third-order valence-electron chi connectivity index (χ3n) is 5.31. The molecule has 1 unspecified atom stereocenters. The molecule has 0 spiro atoms. The van der Waals surface area contributed by atoms with Crippen LogP contribution in [0.2, 0.25) is 0 Å². The van der Waals surface area contributed by atoms with Gasteiger partial charge >= 0.3 is 0 Å². The van der Waals surface area contributed by atoms with Crippen molar-refractivity contribution in [2.75, 3.05) is 18.4 Å². The molecule has 1 aromatic rings. The van der Waals surface area contributed by atoms with Gasteiger partial charge in [-0.15, -0.1) is 0 Å². The maximum atomic E-state index is 12.8. The molecule has 2 fully saturated rings. The Morgan fingerprint density at radius 3 is 2.54 bits per heavy atom. The molecule has 3 aliphatic rings. The van der Waals surface area contributed by atoms with Gasteiger partial charge in [-0.3, -0.25) is 29.4 Å². The van der Waals surface area contributed by atoms with Gasteiger partial charge in [-0.05, 0) is 37.1 Å². The highest BCUT2D eigenvalue weighted by Gasteiger charge is 2.44. The summed E-state index contributed by atoms with van der Waals surface area (Å²) in [5.74, 6) is -1.49. The van der Waals surface area contributed by atoms with E-state index in [1.165, 1.54) is 0 Å². The predicted molar refractivity (Wildman–Crippen MR) is 92.6 cm³/mol. The summed E-state index contributed by atoms with van der Waals surface area (Å²) >= 11 is 0. The average molecular weight is 356 g/mol. The zero-order chi connectivity index (χ0) is 18.4. The van der Waals surface area contributed by atoms with Crippen LogP contribution < -0.4 is 16.0 Å². The summed E-state index contributed by atoms with van der Waals surface area (Å²) in [4.78, 5) is 49.8. The number of piperidine rings is 1. The summed E-state index contributed by atoms with van der Waals surface area (Å²) in [7, 11) is 0. The standard InChI is InChI=1S/C18H20N4O4/c1-9-7-19-8-13(9)20-10-2-3-11-12(6-10)18(26)22(17(11)25)14-4-5-15(23)21-16(14)24/h2-3,6,9,13-14,19-20H,4-5,7-8H2,1H3,(H,21,23,24)/t9-,13+,14?/m0/s1. The third-order valence-corrected chi connectivity index (χ3v) is 5.31. The van der Waals surface area contributed by atoms with Crippen molar-refractivity contribution in [2.24, 2.45) is 5.92 Å². The summed E-state index contributed by atoms with van der Waals surface area (Å²) in [6, 6.07) is 4.40. The van der Waals surface area contributed by atoms with E-state index in [-0.39, 0.29) is 24.8 Å². The molecule has 8 nitrogen and oxygen atoms in total. The monoisotopic (exact) mass is 356 g/mol. The van der Waals surface area contributed by atoms with Crippen molar-refractivity contribution in [1.82, 2.24) is 15.5 Å². The van der Waals surface area contributed by atoms with Gasteiger partial charge in [0.05, 0.1) is 11.1 Å². The van der Waals surface area contributed by atoms with Crippen LogP contribution in [0.3, 0.4) is 0 Å². The molecular weight excluding hydrogens is 336 g/mol. The maximum Gasteiger partial charge on any atom is 0.262 e. The minimum absolute atomic E-state index is 0.114. The molecule has 4 amide bonds. The van der Waals surface area contributed by atoms with E-state index < -0.39 is 23.8 Å². The molecule has 3 atom stereocenters. The Bertz CT molecular complexity index is 821. The first-order valence-corrected chi connectivity index (χ1v) is 8.78. The quantitative estimate of drug-likeness (QED) is 0.664. The molecule has 0 bridgehead atoms. The first kappa shape index (κ1) is 16.7. The van der Waals surface area contributed by atoms with Crippen LogP contribution in [-0.4, -0.2) is 53.7 Å². The Balaban J connectivity index is 1.58. The molecule has 136 valence electrons. The van der Waals surface area contributed by atoms with E-state index in [4.69, 9.17) is 0 Å². The van der Waals surface area contributed by atoms with E-state index in [2.05, 4.69) is 22.9 Å². The molecule has 2 saturated heterocycles. The Morgan fingerprint density at radius 2 is 1.85 bits per heavy atom. The lowest BCUT2D eigenvalue weighted by Gasteiger charge is -2.27. The summed E-state index contributed by atoms with van der Waals surface area (Å²) in [6.07, 6.45) is 0.273. The second-order valence-electron chi connectivity index (χ2n) is 7.09. The van der Waals surface area contributed by atoms with Gasteiger partial charge in [-0.2, -0.15) is 0 Å². The van der Waals surface area contributed by atoms with Gasteiger partial charge in [-0.1, -0.05) is 6.92 Å². The Morgan fingerprint density at radius 1 is 1.08 bits per heavy atom. The summed E-state index contributed by atoms with van der Waals surface area (Å²) in [6.45, 7) is 3.92. The van der Waals surface area contributed by atoms with Gasteiger partial charge in [0.15, 0.2) is 0 Å². The topological polar surface area (TPSA) is 108 Å². The Hall–Kier alpha value is -2.74. The highest BCUT2D eigenvalue weighted by Crippen LogP contribution is 2.30. The van der Waals surface area contributed by atoms with E-state index in [1.807, 2.05) is 0 Å². The lowest BCUT2D eigenvalue weighted by molar-refractivity contribution is -0.136. The Labute approximate surface area is 150 Å².